The van der Waals surface area contributed by atoms with E-state index < -0.39 is 0 Å². The van der Waals surface area contributed by atoms with Crippen molar-refractivity contribution in [3.05, 3.63) is 24.3 Å². The summed E-state index contributed by atoms with van der Waals surface area (Å²) in [6, 6.07) is 7.35. The second-order valence-corrected chi connectivity index (χ2v) is 3.88. The number of amides is 1. The minimum Gasteiger partial charge on any atom is -0.497 e. The van der Waals surface area contributed by atoms with Crippen LogP contribution in [0.5, 0.6) is 5.75 Å². The van der Waals surface area contributed by atoms with Crippen LogP contribution in [0.3, 0.4) is 0 Å². The third-order valence-electron chi connectivity index (χ3n) is 1.95. The van der Waals surface area contributed by atoms with Crippen LogP contribution in [-0.2, 0) is 4.79 Å². The van der Waals surface area contributed by atoms with Gasteiger partial charge in [0.2, 0.25) is 5.91 Å². The van der Waals surface area contributed by atoms with Crippen LogP contribution in [0.2, 0.25) is 0 Å². The molecule has 0 aromatic heterocycles. The molecule has 1 rings (SSSR count). The van der Waals surface area contributed by atoms with E-state index >= 15 is 0 Å². The second kappa shape index (κ2) is 5.39. The third kappa shape index (κ3) is 4.02. The van der Waals surface area contributed by atoms with Gasteiger partial charge in [0.25, 0.3) is 0 Å². The summed E-state index contributed by atoms with van der Waals surface area (Å²) in [5, 5.41) is 2.83. The topological polar surface area (TPSA) is 38.3 Å². The Morgan fingerprint density at radius 3 is 2.80 bits per heavy atom. The molecule has 1 N–H and O–H groups in total. The fourth-order valence-corrected chi connectivity index (χ4v) is 1.28. The largest absolute Gasteiger partial charge is 0.497 e. The van der Waals surface area contributed by atoms with Gasteiger partial charge in [-0.05, 0) is 18.1 Å². The minimum absolute atomic E-state index is 0.0400. The Morgan fingerprint density at radius 2 is 2.20 bits per heavy atom. The number of nitrogens with one attached hydrogen (secondary N) is 1. The van der Waals surface area contributed by atoms with E-state index in [1.54, 1.807) is 13.2 Å². The van der Waals surface area contributed by atoms with E-state index in [4.69, 9.17) is 4.74 Å². The molecule has 0 saturated carbocycles. The zero-order valence-electron chi connectivity index (χ0n) is 9.41. The molecule has 3 heteroatoms. The molecule has 0 aliphatic carbocycles. The molecule has 0 aliphatic rings. The lowest BCUT2D eigenvalue weighted by Crippen LogP contribution is -2.13. The van der Waals surface area contributed by atoms with Crippen molar-refractivity contribution in [3.63, 3.8) is 0 Å². The van der Waals surface area contributed by atoms with Crippen molar-refractivity contribution in [1.82, 2.24) is 0 Å². The van der Waals surface area contributed by atoms with E-state index in [2.05, 4.69) is 5.32 Å². The molecule has 0 radical (unpaired) electrons. The normalized spacial score (nSPS) is 10.1. The highest BCUT2D eigenvalue weighted by molar-refractivity contribution is 5.90. The van der Waals surface area contributed by atoms with Crippen LogP contribution in [0.1, 0.15) is 20.3 Å². The van der Waals surface area contributed by atoms with E-state index in [1.807, 2.05) is 32.0 Å². The van der Waals surface area contributed by atoms with Crippen molar-refractivity contribution in [2.45, 2.75) is 20.3 Å². The Labute approximate surface area is 90.4 Å². The molecule has 0 atom stereocenters. The first-order valence-corrected chi connectivity index (χ1v) is 5.05. The van der Waals surface area contributed by atoms with Crippen LogP contribution < -0.4 is 10.1 Å². The van der Waals surface area contributed by atoms with Gasteiger partial charge in [-0.3, -0.25) is 4.79 Å². The summed E-state index contributed by atoms with van der Waals surface area (Å²) in [5.74, 6) is 1.16. The Kier molecular flexibility index (Phi) is 4.16. The fourth-order valence-electron chi connectivity index (χ4n) is 1.28. The maximum absolute atomic E-state index is 11.5. The summed E-state index contributed by atoms with van der Waals surface area (Å²) in [4.78, 5) is 11.5. The van der Waals surface area contributed by atoms with Gasteiger partial charge in [-0.15, -0.1) is 0 Å². The number of ether oxygens (including phenoxy) is 1. The SMILES string of the molecule is COc1cccc(NC(=O)CC(C)C)c1. The maximum Gasteiger partial charge on any atom is 0.224 e. The average molecular weight is 207 g/mol. The molecule has 82 valence electrons. The predicted molar refractivity (Wildman–Crippen MR) is 61.1 cm³/mol. The van der Waals surface area contributed by atoms with Crippen LogP contribution in [-0.4, -0.2) is 13.0 Å². The van der Waals surface area contributed by atoms with Gasteiger partial charge in [0, 0.05) is 18.2 Å². The van der Waals surface area contributed by atoms with E-state index in [0.29, 0.717) is 12.3 Å². The number of benzene rings is 1. The molecule has 0 unspecified atom stereocenters. The van der Waals surface area contributed by atoms with Gasteiger partial charge >= 0.3 is 0 Å². The molecule has 1 aromatic rings. The summed E-state index contributed by atoms with van der Waals surface area (Å²) in [5.41, 5.74) is 0.778. The zero-order chi connectivity index (χ0) is 11.3. The highest BCUT2D eigenvalue weighted by atomic mass is 16.5. The average Bonchev–Trinajstić information content (AvgIpc) is 2.16. The van der Waals surface area contributed by atoms with E-state index in [1.165, 1.54) is 0 Å². The summed E-state index contributed by atoms with van der Waals surface area (Å²) in [6.07, 6.45) is 0.539. The van der Waals surface area contributed by atoms with Crippen molar-refractivity contribution in [2.24, 2.45) is 5.92 Å². The predicted octanol–water partition coefficient (Wildman–Crippen LogP) is 2.68. The zero-order valence-corrected chi connectivity index (χ0v) is 9.41. The molecule has 15 heavy (non-hydrogen) atoms. The van der Waals surface area contributed by atoms with Crippen molar-refractivity contribution in [3.8, 4) is 5.75 Å². The molecule has 0 aliphatic heterocycles. The van der Waals surface area contributed by atoms with Crippen molar-refractivity contribution in [1.29, 1.82) is 0 Å². The number of hydrogen-bond acceptors (Lipinski definition) is 2. The fraction of sp³-hybridized carbons (Fsp3) is 0.417. The van der Waals surface area contributed by atoms with Gasteiger partial charge in [-0.2, -0.15) is 0 Å². The second-order valence-electron chi connectivity index (χ2n) is 3.88. The van der Waals surface area contributed by atoms with E-state index in [0.717, 1.165) is 11.4 Å². The van der Waals surface area contributed by atoms with Gasteiger partial charge in [0.05, 0.1) is 7.11 Å². The van der Waals surface area contributed by atoms with Crippen LogP contribution in [0, 0.1) is 5.92 Å². The molecule has 3 nitrogen and oxygen atoms in total. The van der Waals surface area contributed by atoms with Gasteiger partial charge in [-0.1, -0.05) is 19.9 Å². The Balaban J connectivity index is 2.60. The van der Waals surface area contributed by atoms with Crippen molar-refractivity contribution >= 4 is 11.6 Å². The number of anilines is 1. The number of carbonyl (C=O) groups is 1. The molecule has 0 saturated heterocycles. The van der Waals surface area contributed by atoms with Gasteiger partial charge in [-0.25, -0.2) is 0 Å². The lowest BCUT2D eigenvalue weighted by Gasteiger charge is -2.08. The number of methoxy groups -OCH3 is 1. The summed E-state index contributed by atoms with van der Waals surface area (Å²) >= 11 is 0. The molecular formula is C12H17NO2. The highest BCUT2D eigenvalue weighted by Gasteiger charge is 2.05. The van der Waals surface area contributed by atoms with Gasteiger partial charge in [0.15, 0.2) is 0 Å². The monoisotopic (exact) mass is 207 g/mol. The van der Waals surface area contributed by atoms with Crippen molar-refractivity contribution in [2.75, 3.05) is 12.4 Å². The lowest BCUT2D eigenvalue weighted by atomic mass is 10.1. The van der Waals surface area contributed by atoms with Crippen LogP contribution in [0.15, 0.2) is 24.3 Å². The first kappa shape index (κ1) is 11.6. The summed E-state index contributed by atoms with van der Waals surface area (Å²) < 4.78 is 5.07. The maximum atomic E-state index is 11.5. The number of rotatable bonds is 4. The quantitative estimate of drug-likeness (QED) is 0.824. The molecule has 1 aromatic carbocycles. The minimum atomic E-state index is 0.0400. The summed E-state index contributed by atoms with van der Waals surface area (Å²) in [7, 11) is 1.61. The molecule has 1 amide bonds. The Morgan fingerprint density at radius 1 is 1.47 bits per heavy atom. The Hall–Kier alpha value is -1.51. The molecular weight excluding hydrogens is 190 g/mol. The number of hydrogen-bond donors (Lipinski definition) is 1. The van der Waals surface area contributed by atoms with Crippen molar-refractivity contribution < 1.29 is 9.53 Å². The summed E-state index contributed by atoms with van der Waals surface area (Å²) in [6.45, 7) is 4.04. The van der Waals surface area contributed by atoms with E-state index in [-0.39, 0.29) is 5.91 Å². The smallest absolute Gasteiger partial charge is 0.224 e. The Bertz CT molecular complexity index is 334. The lowest BCUT2D eigenvalue weighted by molar-refractivity contribution is -0.116. The first-order valence-electron chi connectivity index (χ1n) is 5.05. The van der Waals surface area contributed by atoms with Crippen LogP contribution >= 0.6 is 0 Å². The van der Waals surface area contributed by atoms with Crippen LogP contribution in [0.25, 0.3) is 0 Å². The highest BCUT2D eigenvalue weighted by Crippen LogP contribution is 2.17. The molecule has 0 spiro atoms. The number of carbonyl (C=O) groups excluding carboxylic acids is 1. The molecule has 0 heterocycles. The van der Waals surface area contributed by atoms with E-state index in [9.17, 15) is 4.79 Å². The molecule has 0 fully saturated rings. The van der Waals surface area contributed by atoms with Gasteiger partial charge < -0.3 is 10.1 Å². The molecule has 0 bridgehead atoms. The van der Waals surface area contributed by atoms with Crippen LogP contribution in [0.4, 0.5) is 5.69 Å². The third-order valence-corrected chi connectivity index (χ3v) is 1.95. The van der Waals surface area contributed by atoms with Gasteiger partial charge in [0.1, 0.15) is 5.75 Å². The first-order chi connectivity index (χ1) is 7.11. The standard InChI is InChI=1S/C12H17NO2/c1-9(2)7-12(14)13-10-5-4-6-11(8-10)15-3/h4-6,8-9H,7H2,1-3H3,(H,13,14).